The zero-order chi connectivity index (χ0) is 16.8. The average Bonchev–Trinajstić information content (AvgIpc) is 3.11. The van der Waals surface area contributed by atoms with Gasteiger partial charge in [0, 0.05) is 45.3 Å². The number of morpholine rings is 1. The molecular weight excluding hydrogens is 302 g/mol. The molecule has 1 atom stereocenters. The molecule has 0 amide bonds. The van der Waals surface area contributed by atoms with Crippen LogP contribution in [0.25, 0.3) is 0 Å². The maximum absolute atomic E-state index is 5.49. The van der Waals surface area contributed by atoms with Gasteiger partial charge in [0.05, 0.1) is 13.2 Å². The molecule has 0 aliphatic carbocycles. The quantitative estimate of drug-likeness (QED) is 0.604. The van der Waals surface area contributed by atoms with Crippen LogP contribution in [-0.4, -0.2) is 99.3 Å². The van der Waals surface area contributed by atoms with E-state index >= 15 is 0 Å². The minimum atomic E-state index is 0.668. The highest BCUT2D eigenvalue weighted by atomic mass is 16.5. The van der Waals surface area contributed by atoms with Crippen molar-refractivity contribution in [2.45, 2.75) is 32.2 Å². The zero-order valence-electron chi connectivity index (χ0n) is 15.5. The van der Waals surface area contributed by atoms with Gasteiger partial charge in [-0.2, -0.15) is 0 Å². The number of ether oxygens (including phenoxy) is 1. The highest BCUT2D eigenvalue weighted by Gasteiger charge is 2.30. The number of nitrogens with zero attached hydrogens (tertiary/aromatic N) is 4. The normalized spacial score (nSPS) is 28.5. The van der Waals surface area contributed by atoms with Gasteiger partial charge < -0.3 is 19.9 Å². The van der Waals surface area contributed by atoms with Crippen LogP contribution in [-0.2, 0) is 4.74 Å². The molecule has 3 aliphatic rings. The van der Waals surface area contributed by atoms with Gasteiger partial charge in [0.15, 0.2) is 5.96 Å². The van der Waals surface area contributed by atoms with Gasteiger partial charge in [-0.3, -0.25) is 9.89 Å². The summed E-state index contributed by atoms with van der Waals surface area (Å²) in [5, 5.41) is 3.52. The van der Waals surface area contributed by atoms with Crippen molar-refractivity contribution in [1.29, 1.82) is 0 Å². The Morgan fingerprint density at radius 1 is 1.08 bits per heavy atom. The van der Waals surface area contributed by atoms with E-state index in [0.29, 0.717) is 6.04 Å². The van der Waals surface area contributed by atoms with Crippen molar-refractivity contribution < 1.29 is 4.74 Å². The van der Waals surface area contributed by atoms with E-state index in [2.05, 4.69) is 34.0 Å². The molecule has 3 rings (SSSR count). The maximum atomic E-state index is 5.49. The van der Waals surface area contributed by atoms with Gasteiger partial charge in [0.25, 0.3) is 0 Å². The summed E-state index contributed by atoms with van der Waals surface area (Å²) >= 11 is 0. The third-order valence-corrected chi connectivity index (χ3v) is 5.70. The van der Waals surface area contributed by atoms with Crippen molar-refractivity contribution in [2.75, 3.05) is 72.6 Å². The fourth-order valence-corrected chi connectivity index (χ4v) is 4.06. The molecule has 0 radical (unpaired) electrons. The second kappa shape index (κ2) is 9.02. The number of hydrogen-bond acceptors (Lipinski definition) is 4. The number of hydrogen-bond donors (Lipinski definition) is 1. The van der Waals surface area contributed by atoms with Crippen LogP contribution in [0.2, 0.25) is 0 Å². The molecule has 3 aliphatic heterocycles. The maximum Gasteiger partial charge on any atom is 0.193 e. The molecule has 0 saturated carbocycles. The highest BCUT2D eigenvalue weighted by Crippen LogP contribution is 2.19. The molecule has 0 bridgehead atoms. The lowest BCUT2D eigenvalue weighted by atomic mass is 9.97. The Bertz CT molecular complexity index is 402. The molecule has 6 nitrogen and oxygen atoms in total. The van der Waals surface area contributed by atoms with E-state index in [4.69, 9.17) is 9.73 Å². The van der Waals surface area contributed by atoms with Crippen LogP contribution in [0.5, 0.6) is 0 Å². The first-order valence-corrected chi connectivity index (χ1v) is 9.80. The Hall–Kier alpha value is -0.850. The van der Waals surface area contributed by atoms with Crippen molar-refractivity contribution in [2.24, 2.45) is 10.9 Å². The Balaban J connectivity index is 1.52. The molecular formula is C18H35N5O. The zero-order valence-corrected chi connectivity index (χ0v) is 15.5. The van der Waals surface area contributed by atoms with Crippen molar-refractivity contribution in [3.8, 4) is 0 Å². The third kappa shape index (κ3) is 4.83. The average molecular weight is 338 g/mol. The standard InChI is InChI=1S/C18H35N5O/c1-3-19-18(20-14-16-4-7-21(2)8-5-16)23-9-6-17(15-23)22-10-12-24-13-11-22/h16-17H,3-15H2,1-2H3,(H,19,20). The fourth-order valence-electron chi connectivity index (χ4n) is 4.06. The fraction of sp³-hybridized carbons (Fsp3) is 0.944. The topological polar surface area (TPSA) is 43.3 Å². The second-order valence-corrected chi connectivity index (χ2v) is 7.48. The Morgan fingerprint density at radius 2 is 1.83 bits per heavy atom. The largest absolute Gasteiger partial charge is 0.379 e. The van der Waals surface area contributed by atoms with E-state index < -0.39 is 0 Å². The number of rotatable bonds is 4. The highest BCUT2D eigenvalue weighted by molar-refractivity contribution is 5.80. The van der Waals surface area contributed by atoms with E-state index in [1.807, 2.05) is 0 Å². The lowest BCUT2D eigenvalue weighted by molar-refractivity contribution is 0.0195. The summed E-state index contributed by atoms with van der Waals surface area (Å²) in [6.07, 6.45) is 3.82. The van der Waals surface area contributed by atoms with Gasteiger partial charge in [0.2, 0.25) is 0 Å². The number of aliphatic imine (C=N–C) groups is 1. The summed E-state index contributed by atoms with van der Waals surface area (Å²) in [7, 11) is 2.22. The first-order chi connectivity index (χ1) is 11.8. The molecule has 6 heteroatoms. The molecule has 3 heterocycles. The molecule has 1 unspecified atom stereocenters. The summed E-state index contributed by atoms with van der Waals surface area (Å²) < 4.78 is 5.49. The summed E-state index contributed by atoms with van der Waals surface area (Å²) in [4.78, 5) is 12.5. The molecule has 1 N–H and O–H groups in total. The lowest BCUT2D eigenvalue weighted by Gasteiger charge is -2.32. The second-order valence-electron chi connectivity index (χ2n) is 7.48. The molecule has 0 aromatic heterocycles. The van der Waals surface area contributed by atoms with Crippen LogP contribution >= 0.6 is 0 Å². The van der Waals surface area contributed by atoms with Crippen LogP contribution in [0.4, 0.5) is 0 Å². The number of likely N-dealkylation sites (tertiary alicyclic amines) is 2. The predicted octanol–water partition coefficient (Wildman–Crippen LogP) is 0.700. The molecule has 3 saturated heterocycles. The van der Waals surface area contributed by atoms with Crippen molar-refractivity contribution in [3.63, 3.8) is 0 Å². The van der Waals surface area contributed by atoms with E-state index in [-0.39, 0.29) is 0 Å². The van der Waals surface area contributed by atoms with Gasteiger partial charge >= 0.3 is 0 Å². The molecule has 0 aromatic carbocycles. The molecule has 3 fully saturated rings. The number of guanidine groups is 1. The van der Waals surface area contributed by atoms with Crippen molar-refractivity contribution >= 4 is 5.96 Å². The van der Waals surface area contributed by atoms with Gasteiger partial charge in [-0.25, -0.2) is 0 Å². The SMILES string of the molecule is CCNC(=NCC1CCN(C)CC1)N1CCC(N2CCOCC2)C1. The Kier molecular flexibility index (Phi) is 6.75. The predicted molar refractivity (Wildman–Crippen MR) is 98.6 cm³/mol. The molecule has 24 heavy (non-hydrogen) atoms. The summed E-state index contributed by atoms with van der Waals surface area (Å²) in [6.45, 7) is 12.7. The molecule has 138 valence electrons. The van der Waals surface area contributed by atoms with Crippen LogP contribution in [0.1, 0.15) is 26.2 Å². The molecule has 0 spiro atoms. The van der Waals surface area contributed by atoms with Gasteiger partial charge in [0.1, 0.15) is 0 Å². The van der Waals surface area contributed by atoms with Crippen molar-refractivity contribution in [1.82, 2.24) is 20.0 Å². The first kappa shape index (κ1) is 18.0. The van der Waals surface area contributed by atoms with E-state index in [9.17, 15) is 0 Å². The van der Waals surface area contributed by atoms with E-state index in [1.165, 1.54) is 32.4 Å². The monoisotopic (exact) mass is 337 g/mol. The van der Waals surface area contributed by atoms with Gasteiger partial charge in [-0.05, 0) is 52.2 Å². The van der Waals surface area contributed by atoms with Crippen LogP contribution in [0.15, 0.2) is 4.99 Å². The van der Waals surface area contributed by atoms with Crippen LogP contribution in [0.3, 0.4) is 0 Å². The number of piperidine rings is 1. The minimum absolute atomic E-state index is 0.668. The van der Waals surface area contributed by atoms with E-state index in [1.54, 1.807) is 0 Å². The van der Waals surface area contributed by atoms with Gasteiger partial charge in [-0.1, -0.05) is 0 Å². The number of nitrogens with one attached hydrogen (secondary N) is 1. The van der Waals surface area contributed by atoms with Gasteiger partial charge in [-0.15, -0.1) is 0 Å². The lowest BCUT2D eigenvalue weighted by Crippen LogP contribution is -2.46. The van der Waals surface area contributed by atoms with Crippen LogP contribution < -0.4 is 5.32 Å². The summed E-state index contributed by atoms with van der Waals surface area (Å²) in [5.41, 5.74) is 0. The first-order valence-electron chi connectivity index (χ1n) is 9.80. The Labute approximate surface area is 147 Å². The third-order valence-electron chi connectivity index (χ3n) is 5.70. The van der Waals surface area contributed by atoms with Crippen molar-refractivity contribution in [3.05, 3.63) is 0 Å². The smallest absolute Gasteiger partial charge is 0.193 e. The Morgan fingerprint density at radius 3 is 2.54 bits per heavy atom. The van der Waals surface area contributed by atoms with Crippen LogP contribution in [0, 0.1) is 5.92 Å². The minimum Gasteiger partial charge on any atom is -0.379 e. The van der Waals surface area contributed by atoms with E-state index in [0.717, 1.165) is 64.4 Å². The summed E-state index contributed by atoms with van der Waals surface area (Å²) in [5.74, 6) is 1.89. The summed E-state index contributed by atoms with van der Waals surface area (Å²) in [6, 6.07) is 0.668. The molecule has 0 aromatic rings.